The molecule has 0 saturated carbocycles. The zero-order valence-electron chi connectivity index (χ0n) is 15.4. The molecule has 0 amide bonds. The minimum Gasteiger partial charge on any atom is -0.0622 e. The summed E-state index contributed by atoms with van der Waals surface area (Å²) < 4.78 is 0. The van der Waals surface area contributed by atoms with Gasteiger partial charge >= 0.3 is 0 Å². The lowest BCUT2D eigenvalue weighted by atomic mass is 10.0. The maximum atomic E-state index is 2.22. The van der Waals surface area contributed by atoms with Gasteiger partial charge in [0.1, 0.15) is 0 Å². The second-order valence-electron chi connectivity index (χ2n) is 6.47. The maximum absolute atomic E-state index is 2.22. The summed E-state index contributed by atoms with van der Waals surface area (Å²) in [6.45, 7) is 4.25. The fourth-order valence-corrected chi connectivity index (χ4v) is 2.91. The van der Waals surface area contributed by atoms with Crippen LogP contribution >= 0.6 is 0 Å². The molecular formula is C26H24. The van der Waals surface area contributed by atoms with Gasteiger partial charge in [-0.15, -0.1) is 0 Å². The molecule has 26 heavy (non-hydrogen) atoms. The topological polar surface area (TPSA) is 0 Å². The first-order chi connectivity index (χ1) is 12.7. The second kappa shape index (κ2) is 8.82. The van der Waals surface area contributed by atoms with Gasteiger partial charge in [-0.1, -0.05) is 120 Å². The lowest BCUT2D eigenvalue weighted by molar-refractivity contribution is 1.44. The summed E-state index contributed by atoms with van der Waals surface area (Å²) in [5.41, 5.74) is 7.77. The van der Waals surface area contributed by atoms with Crippen LogP contribution in [0.3, 0.4) is 0 Å². The molecule has 4 aromatic rings. The molecule has 0 nitrogen and oxygen atoms in total. The summed E-state index contributed by atoms with van der Waals surface area (Å²) in [4.78, 5) is 0. The van der Waals surface area contributed by atoms with E-state index < -0.39 is 0 Å². The van der Waals surface area contributed by atoms with Crippen molar-refractivity contribution in [2.75, 3.05) is 0 Å². The average Bonchev–Trinajstić information content (AvgIpc) is 2.70. The van der Waals surface area contributed by atoms with E-state index >= 15 is 0 Å². The highest BCUT2D eigenvalue weighted by Crippen LogP contribution is 2.21. The van der Waals surface area contributed by atoms with Gasteiger partial charge in [-0.25, -0.2) is 0 Å². The highest BCUT2D eigenvalue weighted by molar-refractivity contribution is 5.65. The standard InChI is InChI=1S/C14H14.C12H10/c1-11-5-3-7-13(9-11)14-8-4-6-12(2)10-14;1-3-7-11(8-4-1)12-9-5-2-6-10-12/h3-10H,1-2H3;1-10H. The minimum atomic E-state index is 1.28. The lowest BCUT2D eigenvalue weighted by Crippen LogP contribution is -1.80. The van der Waals surface area contributed by atoms with Crippen molar-refractivity contribution in [1.82, 2.24) is 0 Å². The summed E-state index contributed by atoms with van der Waals surface area (Å²) in [7, 11) is 0. The predicted octanol–water partition coefficient (Wildman–Crippen LogP) is 7.32. The first kappa shape index (κ1) is 17.7. The predicted molar refractivity (Wildman–Crippen MR) is 113 cm³/mol. The number of hydrogen-bond acceptors (Lipinski definition) is 0. The molecule has 0 aliphatic rings. The second-order valence-corrected chi connectivity index (χ2v) is 6.47. The Morgan fingerprint density at radius 1 is 0.346 bits per heavy atom. The van der Waals surface area contributed by atoms with Crippen molar-refractivity contribution in [2.24, 2.45) is 0 Å². The van der Waals surface area contributed by atoms with Crippen LogP contribution in [-0.2, 0) is 0 Å². The van der Waals surface area contributed by atoms with Crippen molar-refractivity contribution < 1.29 is 0 Å². The fraction of sp³-hybridized carbons (Fsp3) is 0.0769. The van der Waals surface area contributed by atoms with Crippen molar-refractivity contribution in [3.8, 4) is 22.3 Å². The zero-order valence-corrected chi connectivity index (χ0v) is 15.4. The van der Waals surface area contributed by atoms with E-state index in [2.05, 4.69) is 111 Å². The van der Waals surface area contributed by atoms with Crippen LogP contribution in [0.2, 0.25) is 0 Å². The quantitative estimate of drug-likeness (QED) is 0.359. The van der Waals surface area contributed by atoms with E-state index in [1.807, 2.05) is 12.1 Å². The van der Waals surface area contributed by atoms with E-state index in [1.54, 1.807) is 0 Å². The van der Waals surface area contributed by atoms with E-state index in [4.69, 9.17) is 0 Å². The Hall–Kier alpha value is -3.12. The Balaban J connectivity index is 0.000000152. The molecule has 0 bridgehead atoms. The van der Waals surface area contributed by atoms with Gasteiger partial charge in [0.05, 0.1) is 0 Å². The van der Waals surface area contributed by atoms with Gasteiger partial charge < -0.3 is 0 Å². The summed E-state index contributed by atoms with van der Waals surface area (Å²) >= 11 is 0. The molecule has 4 aromatic carbocycles. The molecule has 0 radical (unpaired) electrons. The largest absolute Gasteiger partial charge is 0.0622 e. The molecule has 0 heterocycles. The van der Waals surface area contributed by atoms with Crippen LogP contribution in [0.5, 0.6) is 0 Å². The third-order valence-electron chi connectivity index (χ3n) is 4.25. The van der Waals surface area contributed by atoms with Crippen LogP contribution < -0.4 is 0 Å². The van der Waals surface area contributed by atoms with Crippen molar-refractivity contribution >= 4 is 0 Å². The molecule has 4 rings (SSSR count). The molecule has 0 saturated heterocycles. The van der Waals surface area contributed by atoms with Gasteiger partial charge in [0.2, 0.25) is 0 Å². The van der Waals surface area contributed by atoms with Crippen LogP contribution in [0.1, 0.15) is 11.1 Å². The van der Waals surface area contributed by atoms with Crippen LogP contribution in [0.15, 0.2) is 109 Å². The van der Waals surface area contributed by atoms with E-state index in [0.717, 1.165) is 0 Å². The third-order valence-corrected chi connectivity index (χ3v) is 4.25. The summed E-state index contributed by atoms with van der Waals surface area (Å²) in [6, 6.07) is 38.0. The van der Waals surface area contributed by atoms with Crippen molar-refractivity contribution in [3.63, 3.8) is 0 Å². The van der Waals surface area contributed by atoms with Crippen molar-refractivity contribution in [3.05, 3.63) is 120 Å². The molecule has 0 heteroatoms. The summed E-state index contributed by atoms with van der Waals surface area (Å²) in [5, 5.41) is 0. The molecule has 0 N–H and O–H groups in total. The Kier molecular flexibility index (Phi) is 6.01. The first-order valence-corrected chi connectivity index (χ1v) is 8.96. The Morgan fingerprint density at radius 2 is 0.692 bits per heavy atom. The fourth-order valence-electron chi connectivity index (χ4n) is 2.91. The average molecular weight is 336 g/mol. The Morgan fingerprint density at radius 3 is 1.04 bits per heavy atom. The molecular weight excluding hydrogens is 312 g/mol. The maximum Gasteiger partial charge on any atom is -0.0181 e. The van der Waals surface area contributed by atoms with Gasteiger partial charge in [0, 0.05) is 0 Å². The van der Waals surface area contributed by atoms with E-state index in [9.17, 15) is 0 Å². The van der Waals surface area contributed by atoms with Crippen LogP contribution in [-0.4, -0.2) is 0 Å². The molecule has 0 unspecified atom stereocenters. The molecule has 128 valence electrons. The molecule has 0 aliphatic carbocycles. The zero-order chi connectivity index (χ0) is 18.2. The highest BCUT2D eigenvalue weighted by atomic mass is 14.0. The lowest BCUT2D eigenvalue weighted by Gasteiger charge is -2.03. The first-order valence-electron chi connectivity index (χ1n) is 8.96. The number of hydrogen-bond donors (Lipinski definition) is 0. The minimum absolute atomic E-state index is 1.28. The molecule has 0 atom stereocenters. The van der Waals surface area contributed by atoms with E-state index in [0.29, 0.717) is 0 Å². The monoisotopic (exact) mass is 336 g/mol. The normalized spacial score (nSPS) is 9.92. The van der Waals surface area contributed by atoms with Gasteiger partial charge in [0.15, 0.2) is 0 Å². The van der Waals surface area contributed by atoms with Crippen LogP contribution in [0, 0.1) is 13.8 Å². The smallest absolute Gasteiger partial charge is 0.0181 e. The number of benzene rings is 4. The SMILES string of the molecule is Cc1cccc(-c2cccc(C)c2)c1.c1ccc(-c2ccccc2)cc1. The molecule has 0 aromatic heterocycles. The third kappa shape index (κ3) is 4.94. The van der Waals surface area contributed by atoms with Crippen molar-refractivity contribution in [1.29, 1.82) is 0 Å². The number of aryl methyl sites for hydroxylation is 2. The summed E-state index contributed by atoms with van der Waals surface area (Å²) in [6.07, 6.45) is 0. The molecule has 0 aliphatic heterocycles. The van der Waals surface area contributed by atoms with Gasteiger partial charge in [-0.05, 0) is 36.1 Å². The van der Waals surface area contributed by atoms with Gasteiger partial charge in [0.25, 0.3) is 0 Å². The Labute approximate surface area is 156 Å². The van der Waals surface area contributed by atoms with Gasteiger partial charge in [-0.2, -0.15) is 0 Å². The molecule has 0 spiro atoms. The summed E-state index contributed by atoms with van der Waals surface area (Å²) in [5.74, 6) is 0. The van der Waals surface area contributed by atoms with E-state index in [1.165, 1.54) is 33.4 Å². The van der Waals surface area contributed by atoms with Gasteiger partial charge in [-0.3, -0.25) is 0 Å². The molecule has 0 fully saturated rings. The van der Waals surface area contributed by atoms with E-state index in [-0.39, 0.29) is 0 Å². The van der Waals surface area contributed by atoms with Crippen molar-refractivity contribution in [2.45, 2.75) is 13.8 Å². The van der Waals surface area contributed by atoms with Crippen LogP contribution in [0.4, 0.5) is 0 Å². The Bertz CT molecular complexity index is 857. The highest BCUT2D eigenvalue weighted by Gasteiger charge is 1.96. The number of rotatable bonds is 2. The van der Waals surface area contributed by atoms with Crippen LogP contribution in [0.25, 0.3) is 22.3 Å².